The molecule has 0 spiro atoms. The summed E-state index contributed by atoms with van der Waals surface area (Å²) >= 11 is 12.5. The predicted octanol–water partition coefficient (Wildman–Crippen LogP) is 5.58. The summed E-state index contributed by atoms with van der Waals surface area (Å²) in [6, 6.07) is 10.1. The van der Waals surface area contributed by atoms with E-state index in [0.717, 1.165) is 10.0 Å². The Balaban J connectivity index is 2.09. The first-order chi connectivity index (χ1) is 8.56. The molecule has 0 fully saturated rings. The molecule has 0 aromatic heterocycles. The first kappa shape index (κ1) is 13.8. The molecule has 0 amide bonds. The number of ether oxygens (including phenoxy) is 1. The van der Waals surface area contributed by atoms with Gasteiger partial charge in [0, 0.05) is 4.47 Å². The quantitative estimate of drug-likeness (QED) is 0.660. The Morgan fingerprint density at radius 3 is 2.56 bits per heavy atom. The van der Waals surface area contributed by atoms with Crippen LogP contribution < -0.4 is 4.74 Å². The van der Waals surface area contributed by atoms with Gasteiger partial charge in [0.1, 0.15) is 18.2 Å². The second kappa shape index (κ2) is 6.04. The van der Waals surface area contributed by atoms with Crippen LogP contribution in [-0.4, -0.2) is 0 Å². The Bertz CT molecular complexity index is 575. The molecule has 0 radical (unpaired) electrons. The van der Waals surface area contributed by atoms with E-state index in [1.54, 1.807) is 24.3 Å². The molecule has 0 aliphatic rings. The highest BCUT2D eigenvalue weighted by Crippen LogP contribution is 2.28. The van der Waals surface area contributed by atoms with Crippen LogP contribution in [0.15, 0.2) is 45.3 Å². The van der Waals surface area contributed by atoms with E-state index >= 15 is 0 Å². The standard InChI is InChI=1S/C13H8Br2ClFO/c14-9-2-4-13(11(16)6-9)18-7-8-1-3-12(17)10(15)5-8/h1-6H,7H2. The summed E-state index contributed by atoms with van der Waals surface area (Å²) in [5.74, 6) is 0.306. The lowest BCUT2D eigenvalue weighted by Crippen LogP contribution is -1.96. The summed E-state index contributed by atoms with van der Waals surface area (Å²) in [7, 11) is 0. The molecule has 0 saturated heterocycles. The number of benzene rings is 2. The molecule has 1 nitrogen and oxygen atoms in total. The summed E-state index contributed by atoms with van der Waals surface area (Å²) in [6.45, 7) is 0.334. The normalized spacial score (nSPS) is 10.4. The largest absolute Gasteiger partial charge is 0.487 e. The predicted molar refractivity (Wildman–Crippen MR) is 77.6 cm³/mol. The second-order valence-corrected chi connectivity index (χ2v) is 5.79. The third-order valence-electron chi connectivity index (χ3n) is 2.27. The van der Waals surface area contributed by atoms with E-state index < -0.39 is 0 Å². The van der Waals surface area contributed by atoms with Crippen molar-refractivity contribution >= 4 is 43.5 Å². The minimum absolute atomic E-state index is 0.291. The Kier molecular flexibility index (Phi) is 4.65. The molecule has 5 heteroatoms. The monoisotopic (exact) mass is 392 g/mol. The molecule has 0 N–H and O–H groups in total. The molecule has 0 heterocycles. The molecule has 0 atom stereocenters. The highest BCUT2D eigenvalue weighted by molar-refractivity contribution is 9.10. The molecule has 0 aliphatic heterocycles. The van der Waals surface area contributed by atoms with E-state index in [-0.39, 0.29) is 5.82 Å². The van der Waals surface area contributed by atoms with Gasteiger partial charge in [-0.25, -0.2) is 4.39 Å². The van der Waals surface area contributed by atoms with Crippen LogP contribution in [0, 0.1) is 5.82 Å². The zero-order chi connectivity index (χ0) is 13.1. The van der Waals surface area contributed by atoms with Gasteiger partial charge < -0.3 is 4.74 Å². The molecular weight excluding hydrogens is 386 g/mol. The van der Waals surface area contributed by atoms with E-state index in [9.17, 15) is 4.39 Å². The fraction of sp³-hybridized carbons (Fsp3) is 0.0769. The zero-order valence-corrected chi connectivity index (χ0v) is 13.0. The van der Waals surface area contributed by atoms with Gasteiger partial charge in [-0.1, -0.05) is 33.6 Å². The van der Waals surface area contributed by atoms with Gasteiger partial charge in [0.15, 0.2) is 0 Å². The Morgan fingerprint density at radius 2 is 1.89 bits per heavy atom. The molecule has 2 rings (SSSR count). The summed E-state index contributed by atoms with van der Waals surface area (Å²) in [6.07, 6.45) is 0. The lowest BCUT2D eigenvalue weighted by Gasteiger charge is -2.08. The van der Waals surface area contributed by atoms with Crippen LogP contribution >= 0.6 is 43.5 Å². The lowest BCUT2D eigenvalue weighted by molar-refractivity contribution is 0.306. The van der Waals surface area contributed by atoms with Crippen LogP contribution in [0.3, 0.4) is 0 Å². The SMILES string of the molecule is Fc1ccc(COc2ccc(Br)cc2Cl)cc1Br. The van der Waals surface area contributed by atoms with Gasteiger partial charge in [0.25, 0.3) is 0 Å². The first-order valence-electron chi connectivity index (χ1n) is 5.08. The van der Waals surface area contributed by atoms with Crippen LogP contribution in [0.5, 0.6) is 5.75 Å². The van der Waals surface area contributed by atoms with Crippen molar-refractivity contribution in [1.29, 1.82) is 0 Å². The van der Waals surface area contributed by atoms with Crippen LogP contribution in [-0.2, 0) is 6.61 Å². The van der Waals surface area contributed by atoms with Gasteiger partial charge in [0.2, 0.25) is 0 Å². The number of hydrogen-bond acceptors (Lipinski definition) is 1. The first-order valence-corrected chi connectivity index (χ1v) is 7.04. The van der Waals surface area contributed by atoms with E-state index in [4.69, 9.17) is 16.3 Å². The Labute approximate surface area is 126 Å². The summed E-state index contributed by atoms with van der Waals surface area (Å²) in [5, 5.41) is 0.533. The van der Waals surface area contributed by atoms with Gasteiger partial charge >= 0.3 is 0 Å². The maximum Gasteiger partial charge on any atom is 0.138 e. The average Bonchev–Trinajstić information content (AvgIpc) is 2.32. The van der Waals surface area contributed by atoms with Crippen molar-refractivity contribution in [2.45, 2.75) is 6.61 Å². The van der Waals surface area contributed by atoms with Crippen molar-refractivity contribution in [3.63, 3.8) is 0 Å². The minimum atomic E-state index is -0.291. The number of hydrogen-bond donors (Lipinski definition) is 0. The highest BCUT2D eigenvalue weighted by atomic mass is 79.9. The molecular formula is C13H8Br2ClFO. The second-order valence-electron chi connectivity index (χ2n) is 3.61. The topological polar surface area (TPSA) is 9.23 Å². The van der Waals surface area contributed by atoms with Gasteiger partial charge in [-0.2, -0.15) is 0 Å². The molecule has 0 aliphatic carbocycles. The van der Waals surface area contributed by atoms with E-state index in [1.165, 1.54) is 6.07 Å². The molecule has 2 aromatic rings. The maximum absolute atomic E-state index is 13.1. The van der Waals surface area contributed by atoms with Gasteiger partial charge in [0.05, 0.1) is 9.50 Å². The van der Waals surface area contributed by atoms with Crippen molar-refractivity contribution in [1.82, 2.24) is 0 Å². The van der Waals surface area contributed by atoms with E-state index in [1.807, 2.05) is 6.07 Å². The van der Waals surface area contributed by atoms with Crippen molar-refractivity contribution < 1.29 is 9.13 Å². The fourth-order valence-corrected chi connectivity index (χ4v) is 2.54. The minimum Gasteiger partial charge on any atom is -0.487 e. The summed E-state index contributed by atoms with van der Waals surface area (Å²) in [4.78, 5) is 0. The third kappa shape index (κ3) is 3.46. The maximum atomic E-state index is 13.1. The molecule has 2 aromatic carbocycles. The van der Waals surface area contributed by atoms with Gasteiger partial charge in [-0.15, -0.1) is 0 Å². The van der Waals surface area contributed by atoms with Gasteiger partial charge in [-0.3, -0.25) is 0 Å². The van der Waals surface area contributed by atoms with Crippen LogP contribution in [0.2, 0.25) is 5.02 Å². The van der Waals surface area contributed by atoms with Gasteiger partial charge in [-0.05, 0) is 51.8 Å². The van der Waals surface area contributed by atoms with Crippen molar-refractivity contribution in [2.24, 2.45) is 0 Å². The molecule has 0 bridgehead atoms. The zero-order valence-electron chi connectivity index (χ0n) is 9.09. The van der Waals surface area contributed by atoms with Crippen LogP contribution in [0.1, 0.15) is 5.56 Å². The van der Waals surface area contributed by atoms with Crippen molar-refractivity contribution in [3.05, 3.63) is 61.7 Å². The Morgan fingerprint density at radius 1 is 1.11 bits per heavy atom. The van der Waals surface area contributed by atoms with Crippen LogP contribution in [0.4, 0.5) is 4.39 Å². The molecule has 0 saturated carbocycles. The van der Waals surface area contributed by atoms with E-state index in [0.29, 0.717) is 21.9 Å². The molecule has 18 heavy (non-hydrogen) atoms. The molecule has 94 valence electrons. The smallest absolute Gasteiger partial charge is 0.138 e. The molecule has 0 unspecified atom stereocenters. The number of halogens is 4. The summed E-state index contributed by atoms with van der Waals surface area (Å²) in [5.41, 5.74) is 0.863. The van der Waals surface area contributed by atoms with Crippen molar-refractivity contribution in [3.8, 4) is 5.75 Å². The lowest BCUT2D eigenvalue weighted by atomic mass is 10.2. The number of rotatable bonds is 3. The van der Waals surface area contributed by atoms with Crippen molar-refractivity contribution in [2.75, 3.05) is 0 Å². The highest BCUT2D eigenvalue weighted by Gasteiger charge is 2.04. The van der Waals surface area contributed by atoms with Crippen LogP contribution in [0.25, 0.3) is 0 Å². The van der Waals surface area contributed by atoms with E-state index in [2.05, 4.69) is 31.9 Å². The fourth-order valence-electron chi connectivity index (χ4n) is 1.38. The third-order valence-corrected chi connectivity index (χ3v) is 3.67. The Hall–Kier alpha value is -0.580. The average molecular weight is 394 g/mol. The summed E-state index contributed by atoms with van der Waals surface area (Å²) < 4.78 is 19.9.